The van der Waals surface area contributed by atoms with Crippen LogP contribution in [-0.4, -0.2) is 11.1 Å². The highest BCUT2D eigenvalue weighted by Gasteiger charge is 2.23. The van der Waals surface area contributed by atoms with Crippen LogP contribution in [0.4, 0.5) is 0 Å². The van der Waals surface area contributed by atoms with Gasteiger partial charge in [0.1, 0.15) is 0 Å². The van der Waals surface area contributed by atoms with Gasteiger partial charge in [-0.1, -0.05) is 19.4 Å². The van der Waals surface area contributed by atoms with Crippen LogP contribution in [0.3, 0.4) is 0 Å². The van der Waals surface area contributed by atoms with Crippen molar-refractivity contribution in [2.75, 3.05) is 0 Å². The third kappa shape index (κ3) is 1.84. The Morgan fingerprint density at radius 3 is 2.56 bits per heavy atom. The van der Waals surface area contributed by atoms with E-state index in [2.05, 4.69) is 13.0 Å². The zero-order valence-corrected chi connectivity index (χ0v) is 9.92. The summed E-state index contributed by atoms with van der Waals surface area (Å²) >= 11 is 0. The Hall–Kier alpha value is -1.31. The molecule has 0 radical (unpaired) electrons. The van der Waals surface area contributed by atoms with Gasteiger partial charge in [0.15, 0.2) is 0 Å². The van der Waals surface area contributed by atoms with Crippen molar-refractivity contribution in [2.45, 2.75) is 45.4 Å². The molecule has 1 aromatic carbocycles. The number of carbonyl (C=O) groups is 1. The lowest BCUT2D eigenvalue weighted by Gasteiger charge is -2.28. The maximum Gasteiger partial charge on any atom is 0.335 e. The Morgan fingerprint density at radius 2 is 2.12 bits per heavy atom. The van der Waals surface area contributed by atoms with Gasteiger partial charge < -0.3 is 5.11 Å². The fourth-order valence-electron chi connectivity index (χ4n) is 2.41. The van der Waals surface area contributed by atoms with E-state index in [9.17, 15) is 4.79 Å². The van der Waals surface area contributed by atoms with Crippen LogP contribution in [0.2, 0.25) is 0 Å². The predicted octanol–water partition coefficient (Wildman–Crippen LogP) is 3.52. The molecule has 1 fully saturated rings. The minimum atomic E-state index is -0.813. The van der Waals surface area contributed by atoms with Crippen LogP contribution in [0.5, 0.6) is 0 Å². The van der Waals surface area contributed by atoms with E-state index in [0.29, 0.717) is 11.5 Å². The lowest BCUT2D eigenvalue weighted by atomic mass is 9.77. The fourth-order valence-corrected chi connectivity index (χ4v) is 2.41. The van der Waals surface area contributed by atoms with Gasteiger partial charge in [0.25, 0.3) is 0 Å². The molecule has 0 bridgehead atoms. The average Bonchev–Trinajstić information content (AvgIpc) is 2.14. The number of benzene rings is 1. The summed E-state index contributed by atoms with van der Waals surface area (Å²) in [5, 5.41) is 9.09. The standard InChI is InChI=1S/C14H18O2/c1-3-10-8-12(14(15)16)9(2)7-13(10)11-5-4-6-11/h7-8,11H,3-6H2,1-2H3,(H,15,16). The lowest BCUT2D eigenvalue weighted by molar-refractivity contribution is 0.0696. The molecule has 0 amide bonds. The summed E-state index contributed by atoms with van der Waals surface area (Å²) in [6.07, 6.45) is 4.76. The minimum absolute atomic E-state index is 0.458. The second-order valence-electron chi connectivity index (χ2n) is 4.65. The molecular formula is C14H18O2. The summed E-state index contributed by atoms with van der Waals surface area (Å²) in [6, 6.07) is 3.96. The van der Waals surface area contributed by atoms with Crippen molar-refractivity contribution < 1.29 is 9.90 Å². The lowest BCUT2D eigenvalue weighted by Crippen LogP contribution is -2.13. The van der Waals surface area contributed by atoms with Crippen molar-refractivity contribution in [3.05, 3.63) is 34.4 Å². The smallest absolute Gasteiger partial charge is 0.335 e. The third-order valence-electron chi connectivity index (χ3n) is 3.64. The largest absolute Gasteiger partial charge is 0.478 e. The molecule has 0 saturated heterocycles. The van der Waals surface area contributed by atoms with Crippen molar-refractivity contribution in [3.63, 3.8) is 0 Å². The van der Waals surface area contributed by atoms with Crippen LogP contribution < -0.4 is 0 Å². The number of carboxylic acids is 1. The number of hydrogen-bond acceptors (Lipinski definition) is 1. The van der Waals surface area contributed by atoms with Gasteiger partial charge in [-0.15, -0.1) is 0 Å². The molecule has 1 aliphatic carbocycles. The van der Waals surface area contributed by atoms with Crippen LogP contribution in [0.25, 0.3) is 0 Å². The predicted molar refractivity (Wildman–Crippen MR) is 64.1 cm³/mol. The zero-order valence-electron chi connectivity index (χ0n) is 9.92. The average molecular weight is 218 g/mol. The van der Waals surface area contributed by atoms with E-state index in [1.165, 1.54) is 30.4 Å². The van der Waals surface area contributed by atoms with E-state index in [1.807, 2.05) is 13.0 Å². The molecule has 0 unspecified atom stereocenters. The van der Waals surface area contributed by atoms with Gasteiger partial charge in [-0.05, 0) is 54.9 Å². The van der Waals surface area contributed by atoms with Gasteiger partial charge in [-0.3, -0.25) is 0 Å². The highest BCUT2D eigenvalue weighted by molar-refractivity contribution is 5.89. The molecule has 1 saturated carbocycles. The van der Waals surface area contributed by atoms with Crippen LogP contribution >= 0.6 is 0 Å². The number of rotatable bonds is 3. The molecule has 1 aromatic rings. The van der Waals surface area contributed by atoms with Crippen LogP contribution in [0.15, 0.2) is 12.1 Å². The molecule has 0 spiro atoms. The molecule has 2 nitrogen and oxygen atoms in total. The fraction of sp³-hybridized carbons (Fsp3) is 0.500. The Kier molecular flexibility index (Phi) is 2.99. The van der Waals surface area contributed by atoms with Crippen molar-refractivity contribution >= 4 is 5.97 Å². The number of aromatic carboxylic acids is 1. The first-order valence-electron chi connectivity index (χ1n) is 6.00. The van der Waals surface area contributed by atoms with Gasteiger partial charge in [0.05, 0.1) is 5.56 Å². The summed E-state index contributed by atoms with van der Waals surface area (Å²) < 4.78 is 0. The van der Waals surface area contributed by atoms with Crippen molar-refractivity contribution in [2.24, 2.45) is 0 Å². The van der Waals surface area contributed by atoms with Crippen molar-refractivity contribution in [1.29, 1.82) is 0 Å². The quantitative estimate of drug-likeness (QED) is 0.842. The summed E-state index contributed by atoms with van der Waals surface area (Å²) in [4.78, 5) is 11.1. The summed E-state index contributed by atoms with van der Waals surface area (Å²) in [5.74, 6) is -0.135. The highest BCUT2D eigenvalue weighted by atomic mass is 16.4. The minimum Gasteiger partial charge on any atom is -0.478 e. The SMILES string of the molecule is CCc1cc(C(=O)O)c(C)cc1C1CCC1. The van der Waals surface area contributed by atoms with E-state index >= 15 is 0 Å². The van der Waals surface area contributed by atoms with Crippen LogP contribution in [0.1, 0.15) is 59.2 Å². The van der Waals surface area contributed by atoms with Gasteiger partial charge in [-0.25, -0.2) is 4.79 Å². The molecule has 2 rings (SSSR count). The molecule has 16 heavy (non-hydrogen) atoms. The van der Waals surface area contributed by atoms with Gasteiger partial charge >= 0.3 is 5.97 Å². The second kappa shape index (κ2) is 4.28. The van der Waals surface area contributed by atoms with E-state index in [4.69, 9.17) is 5.11 Å². The molecule has 86 valence electrons. The number of aryl methyl sites for hydroxylation is 2. The summed E-state index contributed by atoms with van der Waals surface area (Å²) in [5.41, 5.74) is 3.95. The Bertz CT molecular complexity index is 417. The topological polar surface area (TPSA) is 37.3 Å². The number of hydrogen-bond donors (Lipinski definition) is 1. The Balaban J connectivity index is 2.45. The maximum absolute atomic E-state index is 11.1. The van der Waals surface area contributed by atoms with E-state index in [-0.39, 0.29) is 0 Å². The Labute approximate surface area is 96.3 Å². The molecule has 2 heteroatoms. The first kappa shape index (κ1) is 11.2. The van der Waals surface area contributed by atoms with E-state index in [1.54, 1.807) is 0 Å². The number of carboxylic acid groups (broad SMARTS) is 1. The first-order valence-corrected chi connectivity index (χ1v) is 6.00. The molecule has 1 N–H and O–H groups in total. The van der Waals surface area contributed by atoms with E-state index < -0.39 is 5.97 Å². The molecule has 0 aromatic heterocycles. The van der Waals surface area contributed by atoms with Crippen molar-refractivity contribution in [1.82, 2.24) is 0 Å². The normalized spacial score (nSPS) is 15.9. The van der Waals surface area contributed by atoms with Crippen molar-refractivity contribution in [3.8, 4) is 0 Å². The van der Waals surface area contributed by atoms with Gasteiger partial charge in [0.2, 0.25) is 0 Å². The molecule has 0 aliphatic heterocycles. The van der Waals surface area contributed by atoms with E-state index in [0.717, 1.165) is 12.0 Å². The second-order valence-corrected chi connectivity index (χ2v) is 4.65. The summed E-state index contributed by atoms with van der Waals surface area (Å²) in [7, 11) is 0. The molecule has 1 aliphatic rings. The highest BCUT2D eigenvalue weighted by Crippen LogP contribution is 2.39. The Morgan fingerprint density at radius 1 is 1.44 bits per heavy atom. The third-order valence-corrected chi connectivity index (χ3v) is 3.64. The van der Waals surface area contributed by atoms with Crippen LogP contribution in [0, 0.1) is 6.92 Å². The van der Waals surface area contributed by atoms with Gasteiger partial charge in [-0.2, -0.15) is 0 Å². The molecular weight excluding hydrogens is 200 g/mol. The monoisotopic (exact) mass is 218 g/mol. The molecule has 0 heterocycles. The van der Waals surface area contributed by atoms with Gasteiger partial charge in [0, 0.05) is 0 Å². The van der Waals surface area contributed by atoms with Crippen LogP contribution in [-0.2, 0) is 6.42 Å². The molecule has 0 atom stereocenters. The maximum atomic E-state index is 11.1. The first-order chi connectivity index (χ1) is 7.63. The summed E-state index contributed by atoms with van der Waals surface area (Å²) in [6.45, 7) is 3.99. The zero-order chi connectivity index (χ0) is 11.7.